The van der Waals surface area contributed by atoms with Gasteiger partial charge in [0, 0.05) is 60.3 Å². The number of urea groups is 1. The number of hydrogen-bond acceptors (Lipinski definition) is 4. The number of carbonyl (C=O) groups excluding carboxylic acids is 1. The number of hydrogen-bond donors (Lipinski definition) is 1. The Bertz CT molecular complexity index is 1360. The van der Waals surface area contributed by atoms with E-state index in [0.717, 1.165) is 79.5 Å². The van der Waals surface area contributed by atoms with E-state index in [1.165, 1.54) is 5.56 Å². The predicted molar refractivity (Wildman–Crippen MR) is 142 cm³/mol. The molecule has 7 nitrogen and oxygen atoms in total. The molecule has 4 aromatic rings. The lowest BCUT2D eigenvalue weighted by atomic mass is 9.88. The van der Waals surface area contributed by atoms with Crippen molar-refractivity contribution in [1.29, 1.82) is 0 Å². The molecule has 186 valence electrons. The normalized spacial score (nSPS) is 19.2. The van der Waals surface area contributed by atoms with Crippen LogP contribution in [-0.4, -0.2) is 63.6 Å². The van der Waals surface area contributed by atoms with E-state index in [0.29, 0.717) is 23.5 Å². The van der Waals surface area contributed by atoms with E-state index in [9.17, 15) is 4.79 Å². The van der Waals surface area contributed by atoms with Crippen molar-refractivity contribution in [3.05, 3.63) is 65.6 Å². The molecule has 0 saturated carbocycles. The summed E-state index contributed by atoms with van der Waals surface area (Å²) in [5, 5.41) is 3.01. The Hall–Kier alpha value is -3.32. The molecule has 0 aliphatic carbocycles. The molecule has 1 unspecified atom stereocenters. The Morgan fingerprint density at radius 3 is 2.67 bits per heavy atom. The van der Waals surface area contributed by atoms with E-state index < -0.39 is 0 Å². The lowest BCUT2D eigenvalue weighted by molar-refractivity contribution is 0.104. The number of carbonyl (C=O) groups is 1. The molecule has 0 spiro atoms. The first-order chi connectivity index (χ1) is 17.7. The van der Waals surface area contributed by atoms with Gasteiger partial charge in [-0.3, -0.25) is 0 Å². The fourth-order valence-electron chi connectivity index (χ4n) is 5.67. The van der Waals surface area contributed by atoms with Crippen molar-refractivity contribution in [2.75, 3.05) is 32.8 Å². The number of benzene rings is 1. The maximum absolute atomic E-state index is 13.4. The quantitative estimate of drug-likeness (QED) is 0.379. The Morgan fingerprint density at radius 1 is 1.03 bits per heavy atom. The van der Waals surface area contributed by atoms with Crippen molar-refractivity contribution in [3.8, 4) is 5.75 Å². The van der Waals surface area contributed by atoms with Crippen LogP contribution in [0.1, 0.15) is 37.2 Å². The van der Waals surface area contributed by atoms with Gasteiger partial charge >= 0.3 is 6.03 Å². The number of rotatable bonds is 4. The molecular weight excluding hydrogens is 474 g/mol. The summed E-state index contributed by atoms with van der Waals surface area (Å²) in [6.45, 7) is 3.72. The molecule has 1 aromatic carbocycles. The highest BCUT2D eigenvalue weighted by molar-refractivity contribution is 6.30. The predicted octanol–water partition coefficient (Wildman–Crippen LogP) is 5.85. The molecule has 2 aliphatic rings. The van der Waals surface area contributed by atoms with E-state index in [-0.39, 0.29) is 6.03 Å². The number of ether oxygens (including phenoxy) is 1. The number of pyridine rings is 2. The van der Waals surface area contributed by atoms with Crippen LogP contribution in [0.5, 0.6) is 5.75 Å². The number of halogens is 1. The summed E-state index contributed by atoms with van der Waals surface area (Å²) < 4.78 is 5.97. The fraction of sp³-hybridized carbons (Fsp3) is 0.393. The van der Waals surface area contributed by atoms with Crippen LogP contribution in [0.2, 0.25) is 5.02 Å². The number of nitrogens with zero attached hydrogens (tertiary/aromatic N) is 4. The maximum Gasteiger partial charge on any atom is 0.320 e. The lowest BCUT2D eigenvalue weighted by Gasteiger charge is -2.39. The van der Waals surface area contributed by atoms with Gasteiger partial charge in [0.2, 0.25) is 0 Å². The highest BCUT2D eigenvalue weighted by atomic mass is 35.5. The molecule has 2 aliphatic heterocycles. The SMILES string of the molecule is O=C(N1CCC(c2cnc3ncc4[nH]cccc4c23)CC1)N1CCCC(COc2ccc(Cl)cc2)C1. The van der Waals surface area contributed by atoms with Gasteiger partial charge in [-0.15, -0.1) is 0 Å². The summed E-state index contributed by atoms with van der Waals surface area (Å²) in [6, 6.07) is 11.8. The number of likely N-dealkylation sites (tertiary alicyclic amines) is 2. The molecule has 8 heteroatoms. The zero-order valence-electron chi connectivity index (χ0n) is 20.2. The lowest BCUT2D eigenvalue weighted by Crippen LogP contribution is -2.50. The smallest absolute Gasteiger partial charge is 0.320 e. The second-order valence-corrected chi connectivity index (χ2v) is 10.4. The van der Waals surface area contributed by atoms with Crippen LogP contribution in [0.25, 0.3) is 21.9 Å². The topological polar surface area (TPSA) is 74.4 Å². The van der Waals surface area contributed by atoms with E-state index in [1.807, 2.05) is 58.7 Å². The van der Waals surface area contributed by atoms with Crippen molar-refractivity contribution in [1.82, 2.24) is 24.8 Å². The van der Waals surface area contributed by atoms with Gasteiger partial charge in [0.15, 0.2) is 5.65 Å². The Labute approximate surface area is 215 Å². The molecule has 1 N–H and O–H groups in total. The van der Waals surface area contributed by atoms with Gasteiger partial charge in [-0.1, -0.05) is 17.7 Å². The third-order valence-corrected chi connectivity index (χ3v) is 7.86. The molecule has 0 radical (unpaired) electrons. The number of aromatic amines is 1. The third-order valence-electron chi connectivity index (χ3n) is 7.61. The third kappa shape index (κ3) is 4.60. The van der Waals surface area contributed by atoms with Crippen LogP contribution in [-0.2, 0) is 0 Å². The zero-order chi connectivity index (χ0) is 24.5. The largest absolute Gasteiger partial charge is 0.493 e. The molecule has 2 amide bonds. The van der Waals surface area contributed by atoms with E-state index in [1.54, 1.807) is 0 Å². The second kappa shape index (κ2) is 9.97. The minimum absolute atomic E-state index is 0.164. The van der Waals surface area contributed by atoms with E-state index >= 15 is 0 Å². The first-order valence-corrected chi connectivity index (χ1v) is 13.2. The van der Waals surface area contributed by atoms with Crippen LogP contribution in [0, 0.1) is 5.92 Å². The summed E-state index contributed by atoms with van der Waals surface area (Å²) in [4.78, 5) is 29.8. The van der Waals surface area contributed by atoms with Crippen LogP contribution >= 0.6 is 11.6 Å². The minimum atomic E-state index is 0.164. The van der Waals surface area contributed by atoms with Crippen molar-refractivity contribution in [2.24, 2.45) is 5.92 Å². The second-order valence-electron chi connectivity index (χ2n) is 9.93. The van der Waals surface area contributed by atoms with Gasteiger partial charge in [-0.25, -0.2) is 14.8 Å². The maximum atomic E-state index is 13.4. The number of fused-ring (bicyclic) bond motifs is 3. The number of nitrogens with one attached hydrogen (secondary N) is 1. The summed E-state index contributed by atoms with van der Waals surface area (Å²) >= 11 is 5.96. The fourth-order valence-corrected chi connectivity index (χ4v) is 5.80. The average Bonchev–Trinajstić information content (AvgIpc) is 3.37. The highest BCUT2D eigenvalue weighted by Gasteiger charge is 2.31. The van der Waals surface area contributed by atoms with Crippen LogP contribution in [0.4, 0.5) is 4.79 Å². The van der Waals surface area contributed by atoms with Crippen molar-refractivity contribution < 1.29 is 9.53 Å². The molecule has 6 rings (SSSR count). The molecule has 2 fully saturated rings. The number of H-pyrrole nitrogens is 1. The van der Waals surface area contributed by atoms with Crippen LogP contribution in [0.3, 0.4) is 0 Å². The summed E-state index contributed by atoms with van der Waals surface area (Å²) in [5.74, 6) is 1.55. The van der Waals surface area contributed by atoms with Gasteiger partial charge in [0.05, 0.1) is 18.3 Å². The molecular formula is C28H30ClN5O2. The first-order valence-electron chi connectivity index (χ1n) is 12.8. The summed E-state index contributed by atoms with van der Waals surface area (Å²) in [5.41, 5.74) is 3.08. The van der Waals surface area contributed by atoms with Gasteiger partial charge in [0.25, 0.3) is 0 Å². The Morgan fingerprint density at radius 2 is 1.83 bits per heavy atom. The Kier molecular flexibility index (Phi) is 6.40. The standard InChI is InChI=1S/C28H30ClN5O2/c29-21-5-7-22(8-6-21)36-18-19-3-2-12-34(17-19)28(35)33-13-9-20(10-14-33)24-15-31-27-26(24)23-4-1-11-30-25(23)16-32-27/h1,4-8,11,15-16,19-20,30H,2-3,9-10,12-14,17-18H2. The van der Waals surface area contributed by atoms with Gasteiger partial charge in [-0.05, 0) is 67.5 Å². The van der Waals surface area contributed by atoms with Gasteiger partial charge in [0.1, 0.15) is 5.75 Å². The molecule has 0 bridgehead atoms. The summed E-state index contributed by atoms with van der Waals surface area (Å²) in [6.07, 6.45) is 9.73. The van der Waals surface area contributed by atoms with Crippen molar-refractivity contribution in [3.63, 3.8) is 0 Å². The molecule has 3 aromatic heterocycles. The number of aromatic nitrogens is 3. The van der Waals surface area contributed by atoms with E-state index in [4.69, 9.17) is 16.3 Å². The van der Waals surface area contributed by atoms with Crippen LogP contribution in [0.15, 0.2) is 55.0 Å². The van der Waals surface area contributed by atoms with Gasteiger partial charge in [-0.2, -0.15) is 0 Å². The molecule has 1 atom stereocenters. The molecule has 5 heterocycles. The first kappa shape index (κ1) is 23.1. The molecule has 2 saturated heterocycles. The highest BCUT2D eigenvalue weighted by Crippen LogP contribution is 2.36. The monoisotopic (exact) mass is 503 g/mol. The summed E-state index contributed by atoms with van der Waals surface area (Å²) in [7, 11) is 0. The van der Waals surface area contributed by atoms with Crippen LogP contribution < -0.4 is 4.74 Å². The Balaban J connectivity index is 1.07. The number of amides is 2. The van der Waals surface area contributed by atoms with Crippen molar-refractivity contribution >= 4 is 39.6 Å². The minimum Gasteiger partial charge on any atom is -0.493 e. The van der Waals surface area contributed by atoms with Gasteiger partial charge < -0.3 is 19.5 Å². The van der Waals surface area contributed by atoms with Crippen molar-refractivity contribution in [2.45, 2.75) is 31.6 Å². The number of piperidine rings is 2. The van der Waals surface area contributed by atoms with E-state index in [2.05, 4.69) is 21.0 Å². The average molecular weight is 504 g/mol. The molecule has 36 heavy (non-hydrogen) atoms. The zero-order valence-corrected chi connectivity index (χ0v) is 21.0.